The van der Waals surface area contributed by atoms with E-state index in [9.17, 15) is 0 Å². The van der Waals surface area contributed by atoms with Crippen molar-refractivity contribution in [3.63, 3.8) is 0 Å². The molecule has 0 bridgehead atoms. The van der Waals surface area contributed by atoms with E-state index in [0.29, 0.717) is 5.92 Å². The third kappa shape index (κ3) is 5.08. The van der Waals surface area contributed by atoms with Crippen LogP contribution in [0.4, 0.5) is 5.69 Å². The lowest BCUT2D eigenvalue weighted by atomic mass is 9.90. The zero-order valence-electron chi connectivity index (χ0n) is 29.0. The number of fused-ring (bicyclic) bond motifs is 6. The molecule has 2 atom stereocenters. The minimum Gasteiger partial charge on any atom is -0.360 e. The first-order valence-electron chi connectivity index (χ1n) is 18.2. The Hall–Kier alpha value is -6.45. The van der Waals surface area contributed by atoms with Crippen LogP contribution in [0.2, 0.25) is 0 Å². The molecule has 0 spiro atoms. The Bertz CT molecular complexity index is 2730. The first kappa shape index (κ1) is 30.4. The van der Waals surface area contributed by atoms with Crippen LogP contribution in [-0.2, 0) is 0 Å². The van der Waals surface area contributed by atoms with E-state index in [0.717, 1.165) is 40.2 Å². The highest BCUT2D eigenvalue weighted by molar-refractivity contribution is 6.24. The van der Waals surface area contributed by atoms with Crippen LogP contribution in [-0.4, -0.2) is 9.55 Å². The Morgan fingerprint density at radius 1 is 0.615 bits per heavy atom. The molecule has 0 amide bonds. The number of pyridine rings is 1. The Morgan fingerprint density at radius 3 is 2.06 bits per heavy atom. The summed E-state index contributed by atoms with van der Waals surface area (Å²) in [5.41, 5.74) is 13.9. The fourth-order valence-electron chi connectivity index (χ4n) is 8.30. The van der Waals surface area contributed by atoms with Crippen LogP contribution < -0.4 is 5.32 Å². The Balaban J connectivity index is 1.27. The summed E-state index contributed by atoms with van der Waals surface area (Å²) < 4.78 is 2.53. The third-order valence-electron chi connectivity index (χ3n) is 10.8. The van der Waals surface area contributed by atoms with Gasteiger partial charge in [0.05, 0.1) is 28.1 Å². The summed E-state index contributed by atoms with van der Waals surface area (Å²) in [6.07, 6.45) is 10.0. The highest BCUT2D eigenvalue weighted by atomic mass is 15.2. The topological polar surface area (TPSA) is 29.9 Å². The third-order valence-corrected chi connectivity index (χ3v) is 10.8. The fraction of sp³-hybridized carbons (Fsp3) is 0.0816. The summed E-state index contributed by atoms with van der Waals surface area (Å²) in [5.74, 6) is 0.514. The van der Waals surface area contributed by atoms with Gasteiger partial charge < -0.3 is 9.88 Å². The fourth-order valence-corrected chi connectivity index (χ4v) is 8.30. The largest absolute Gasteiger partial charge is 0.360 e. The first-order valence-corrected chi connectivity index (χ1v) is 18.2. The number of nitrogens with zero attached hydrogens (tertiary/aromatic N) is 2. The van der Waals surface area contributed by atoms with Gasteiger partial charge in [-0.1, -0.05) is 153 Å². The molecule has 8 aromatic rings. The molecule has 248 valence electrons. The maximum atomic E-state index is 5.30. The second-order valence-corrected chi connectivity index (χ2v) is 14.1. The minimum absolute atomic E-state index is 0.175. The van der Waals surface area contributed by atoms with E-state index < -0.39 is 0 Å². The molecule has 1 aliphatic heterocycles. The normalized spacial score (nSPS) is 16.8. The van der Waals surface area contributed by atoms with E-state index >= 15 is 0 Å². The van der Waals surface area contributed by atoms with Crippen molar-refractivity contribution in [3.05, 3.63) is 193 Å². The van der Waals surface area contributed by atoms with Gasteiger partial charge in [0.25, 0.3) is 0 Å². The minimum atomic E-state index is -0.175. The summed E-state index contributed by atoms with van der Waals surface area (Å²) >= 11 is 0. The van der Waals surface area contributed by atoms with Crippen LogP contribution in [0.25, 0.3) is 66.1 Å². The number of anilines is 1. The number of rotatable bonds is 5. The second kappa shape index (κ2) is 12.4. The highest BCUT2D eigenvalue weighted by Crippen LogP contribution is 2.45. The standard InChI is InChI=1S/C49H37N3/c1-32-14-13-21-36(28-32)37-24-25-40-45(29-37)52(46-30-41(33-15-5-2-6-16-33)38-22-11-12-23-39(38)48(40)46)47-31-42(34-17-7-3-8-18-34)49-44(50-47)27-26-43(51-49)35-19-9-4-10-20-35/h2-27,29-32,47,50H,28H2,1H3. The Kier molecular flexibility index (Phi) is 7.24. The average Bonchev–Trinajstić information content (AvgIpc) is 3.54. The van der Waals surface area contributed by atoms with Crippen LogP contribution >= 0.6 is 0 Å². The molecule has 3 heteroatoms. The van der Waals surface area contributed by atoms with Crippen molar-refractivity contribution in [1.29, 1.82) is 0 Å². The van der Waals surface area contributed by atoms with Crippen molar-refractivity contribution < 1.29 is 0 Å². The molecule has 0 saturated heterocycles. The van der Waals surface area contributed by atoms with Crippen molar-refractivity contribution >= 4 is 49.4 Å². The molecule has 52 heavy (non-hydrogen) atoms. The van der Waals surface area contributed by atoms with Gasteiger partial charge in [-0.3, -0.25) is 0 Å². The van der Waals surface area contributed by atoms with Gasteiger partial charge >= 0.3 is 0 Å². The predicted octanol–water partition coefficient (Wildman–Crippen LogP) is 12.7. The number of benzene rings is 6. The van der Waals surface area contributed by atoms with Gasteiger partial charge in [-0.15, -0.1) is 0 Å². The summed E-state index contributed by atoms with van der Waals surface area (Å²) in [4.78, 5) is 5.30. The van der Waals surface area contributed by atoms with Crippen molar-refractivity contribution in [2.75, 3.05) is 5.32 Å². The van der Waals surface area contributed by atoms with Crippen LogP contribution in [0.1, 0.15) is 36.3 Å². The monoisotopic (exact) mass is 667 g/mol. The molecule has 3 heterocycles. The Labute approximate surface area is 303 Å². The number of hydrogen-bond acceptors (Lipinski definition) is 2. The molecule has 0 fully saturated rings. The van der Waals surface area contributed by atoms with Crippen LogP contribution in [0, 0.1) is 5.92 Å². The molecule has 2 aliphatic rings. The van der Waals surface area contributed by atoms with E-state index in [4.69, 9.17) is 4.98 Å². The summed E-state index contributed by atoms with van der Waals surface area (Å²) in [6.45, 7) is 2.30. The van der Waals surface area contributed by atoms with Gasteiger partial charge in [-0.2, -0.15) is 0 Å². The lowest BCUT2D eigenvalue weighted by Crippen LogP contribution is -2.21. The molecule has 0 radical (unpaired) electrons. The number of nitrogens with one attached hydrogen (secondary N) is 1. The molecule has 6 aromatic carbocycles. The van der Waals surface area contributed by atoms with E-state index in [-0.39, 0.29) is 6.17 Å². The molecule has 2 aromatic heterocycles. The van der Waals surface area contributed by atoms with Gasteiger partial charge in [-0.05, 0) is 81.3 Å². The average molecular weight is 668 g/mol. The lowest BCUT2D eigenvalue weighted by molar-refractivity contribution is 0.720. The number of aromatic nitrogens is 2. The van der Waals surface area contributed by atoms with Gasteiger partial charge in [-0.25, -0.2) is 4.98 Å². The van der Waals surface area contributed by atoms with Gasteiger partial charge in [0.1, 0.15) is 6.17 Å². The maximum Gasteiger partial charge on any atom is 0.124 e. The smallest absolute Gasteiger partial charge is 0.124 e. The first-order chi connectivity index (χ1) is 25.7. The van der Waals surface area contributed by atoms with Crippen molar-refractivity contribution in [2.45, 2.75) is 19.5 Å². The van der Waals surface area contributed by atoms with Gasteiger partial charge in [0.15, 0.2) is 0 Å². The molecular weight excluding hydrogens is 631 g/mol. The van der Waals surface area contributed by atoms with E-state index in [1.165, 1.54) is 54.8 Å². The molecule has 3 nitrogen and oxygen atoms in total. The summed E-state index contributed by atoms with van der Waals surface area (Å²) in [5, 5.41) is 9.04. The SMILES string of the molecule is CC1C=CC=C(c2ccc3c4c5ccccc5c(-c5ccccc5)cc4n(C4C=C(c5ccccc5)c5nc(-c6ccccc6)ccc5N4)c3c2)C1. The molecule has 2 unspecified atom stereocenters. The quantitative estimate of drug-likeness (QED) is 0.198. The van der Waals surface area contributed by atoms with Crippen molar-refractivity contribution in [3.8, 4) is 22.4 Å². The van der Waals surface area contributed by atoms with Crippen LogP contribution in [0.5, 0.6) is 0 Å². The highest BCUT2D eigenvalue weighted by Gasteiger charge is 2.27. The Morgan fingerprint density at radius 2 is 1.31 bits per heavy atom. The number of hydrogen-bond donors (Lipinski definition) is 1. The van der Waals surface area contributed by atoms with E-state index in [1.807, 2.05) is 0 Å². The van der Waals surface area contributed by atoms with Gasteiger partial charge in [0.2, 0.25) is 0 Å². The zero-order chi connectivity index (χ0) is 34.6. The number of allylic oxidation sites excluding steroid dienone is 4. The summed E-state index contributed by atoms with van der Waals surface area (Å²) in [6, 6.07) is 54.7. The van der Waals surface area contributed by atoms with Crippen LogP contribution in [0.15, 0.2) is 176 Å². The molecule has 1 aliphatic carbocycles. The predicted molar refractivity (Wildman–Crippen MR) is 219 cm³/mol. The maximum absolute atomic E-state index is 5.30. The lowest BCUT2D eigenvalue weighted by Gasteiger charge is -2.29. The van der Waals surface area contributed by atoms with E-state index in [1.54, 1.807) is 0 Å². The summed E-state index contributed by atoms with van der Waals surface area (Å²) in [7, 11) is 0. The van der Waals surface area contributed by atoms with E-state index in [2.05, 4.69) is 193 Å². The molecule has 1 N–H and O–H groups in total. The van der Waals surface area contributed by atoms with Crippen LogP contribution in [0.3, 0.4) is 0 Å². The van der Waals surface area contributed by atoms with Crippen molar-refractivity contribution in [2.24, 2.45) is 5.92 Å². The molecular formula is C49H37N3. The molecule has 0 saturated carbocycles. The van der Waals surface area contributed by atoms with Crippen molar-refractivity contribution in [1.82, 2.24) is 9.55 Å². The zero-order valence-corrected chi connectivity index (χ0v) is 29.0. The van der Waals surface area contributed by atoms with Gasteiger partial charge in [0, 0.05) is 21.9 Å². The molecule has 10 rings (SSSR count). The second-order valence-electron chi connectivity index (χ2n) is 14.1.